The molecule has 0 aromatic heterocycles. The first-order valence-corrected chi connectivity index (χ1v) is 3.68. The summed E-state index contributed by atoms with van der Waals surface area (Å²) >= 11 is 0. The first-order chi connectivity index (χ1) is 5.33. The number of ether oxygens (including phenoxy) is 2. The van der Waals surface area contributed by atoms with E-state index in [-0.39, 0.29) is 12.2 Å². The Balaban J connectivity index is 2.13. The maximum atomic E-state index is 10.8. The van der Waals surface area contributed by atoms with Crippen molar-refractivity contribution >= 4 is 6.09 Å². The predicted molar refractivity (Wildman–Crippen MR) is 39.1 cm³/mol. The molecule has 0 aliphatic carbocycles. The molecule has 0 aromatic carbocycles. The third-order valence-corrected chi connectivity index (χ3v) is 1.34. The minimum Gasteiger partial charge on any atom is -0.443 e. The topological polar surface area (TPSA) is 47.6 Å². The molecule has 1 rings (SSSR count). The Morgan fingerprint density at radius 1 is 1.91 bits per heavy atom. The lowest BCUT2D eigenvalue weighted by molar-refractivity contribution is 0.0887. The Labute approximate surface area is 65.9 Å². The quantitative estimate of drug-likeness (QED) is 0.630. The molecule has 0 bridgehead atoms. The highest BCUT2D eigenvalue weighted by atomic mass is 16.6. The molecule has 1 aliphatic rings. The minimum absolute atomic E-state index is 0.165. The van der Waals surface area contributed by atoms with Crippen LogP contribution in [0.2, 0.25) is 0 Å². The lowest BCUT2D eigenvalue weighted by atomic mass is 10.3. The molecule has 1 atom stereocenters. The summed E-state index contributed by atoms with van der Waals surface area (Å²) in [4.78, 5) is 10.8. The molecule has 1 unspecified atom stereocenters. The second-order valence-electron chi connectivity index (χ2n) is 2.25. The summed E-state index contributed by atoms with van der Waals surface area (Å²) in [5, 5.41) is 2.54. The molecule has 1 heterocycles. The van der Waals surface area contributed by atoms with E-state index in [1.807, 2.05) is 13.3 Å². The molecule has 1 aliphatic heterocycles. The van der Waals surface area contributed by atoms with Gasteiger partial charge in [-0.05, 0) is 6.92 Å². The zero-order valence-corrected chi connectivity index (χ0v) is 6.50. The van der Waals surface area contributed by atoms with Gasteiger partial charge in [-0.15, -0.1) is 0 Å². The van der Waals surface area contributed by atoms with Gasteiger partial charge >= 0.3 is 6.09 Å². The van der Waals surface area contributed by atoms with Crippen LogP contribution in [0.4, 0.5) is 4.79 Å². The second kappa shape index (κ2) is 4.18. The summed E-state index contributed by atoms with van der Waals surface area (Å²) in [6.45, 7) is 3.49. The fraction of sp³-hybridized carbons (Fsp3) is 0.714. The van der Waals surface area contributed by atoms with Crippen LogP contribution in [0.1, 0.15) is 6.92 Å². The first-order valence-electron chi connectivity index (χ1n) is 3.68. The molecule has 1 amide bonds. The number of nitrogens with one attached hydrogen (secondary N) is 1. The van der Waals surface area contributed by atoms with Gasteiger partial charge < -0.3 is 14.8 Å². The third kappa shape index (κ3) is 2.76. The third-order valence-electron chi connectivity index (χ3n) is 1.34. The fourth-order valence-electron chi connectivity index (χ4n) is 0.833. The average molecular weight is 158 g/mol. The largest absolute Gasteiger partial charge is 0.443 e. The molecule has 0 saturated carbocycles. The van der Waals surface area contributed by atoms with Gasteiger partial charge in [0.2, 0.25) is 0 Å². The fourth-order valence-corrected chi connectivity index (χ4v) is 0.833. The monoisotopic (exact) mass is 158 g/mol. The summed E-state index contributed by atoms with van der Waals surface area (Å²) < 4.78 is 9.90. The highest BCUT2D eigenvalue weighted by Crippen LogP contribution is 2.06. The van der Waals surface area contributed by atoms with Crippen molar-refractivity contribution in [2.45, 2.75) is 13.0 Å². The van der Waals surface area contributed by atoms with Crippen LogP contribution in [0, 0.1) is 6.42 Å². The summed E-state index contributed by atoms with van der Waals surface area (Å²) in [6, 6.07) is 0. The molecule has 1 saturated heterocycles. The van der Waals surface area contributed by atoms with Crippen LogP contribution in [0.25, 0.3) is 0 Å². The Kier molecular flexibility index (Phi) is 3.16. The standard InChI is InChI=1S/C7H12NO3/c1-2-8-7(9)11-6-3-4-10-5-6/h3,6H,2,4-5H2,1H3,(H,8,9). The summed E-state index contributed by atoms with van der Waals surface area (Å²) in [5.41, 5.74) is 0. The zero-order valence-electron chi connectivity index (χ0n) is 6.50. The highest BCUT2D eigenvalue weighted by molar-refractivity contribution is 5.67. The van der Waals surface area contributed by atoms with E-state index >= 15 is 0 Å². The van der Waals surface area contributed by atoms with E-state index in [9.17, 15) is 4.79 Å². The van der Waals surface area contributed by atoms with E-state index in [1.54, 1.807) is 0 Å². The van der Waals surface area contributed by atoms with Crippen molar-refractivity contribution < 1.29 is 14.3 Å². The number of amides is 1. The Hall–Kier alpha value is -0.770. The van der Waals surface area contributed by atoms with E-state index in [2.05, 4.69) is 5.32 Å². The normalized spacial score (nSPS) is 23.2. The van der Waals surface area contributed by atoms with Gasteiger partial charge in [0, 0.05) is 13.0 Å². The van der Waals surface area contributed by atoms with Crippen molar-refractivity contribution in [2.75, 3.05) is 19.8 Å². The SMILES string of the molecule is CCNC(=O)OC1[CH]COC1. The summed E-state index contributed by atoms with van der Waals surface area (Å²) in [5.74, 6) is 0. The predicted octanol–water partition coefficient (Wildman–Crippen LogP) is 0.336. The molecule has 4 heteroatoms. The van der Waals surface area contributed by atoms with E-state index in [0.717, 1.165) is 0 Å². The molecule has 1 fully saturated rings. The van der Waals surface area contributed by atoms with Crippen molar-refractivity contribution in [3.05, 3.63) is 6.42 Å². The van der Waals surface area contributed by atoms with Crippen LogP contribution in [0.15, 0.2) is 0 Å². The molecule has 0 aromatic rings. The van der Waals surface area contributed by atoms with Gasteiger partial charge in [0.1, 0.15) is 6.10 Å². The number of rotatable bonds is 2. The molecule has 11 heavy (non-hydrogen) atoms. The van der Waals surface area contributed by atoms with E-state index in [0.29, 0.717) is 19.8 Å². The molecule has 0 spiro atoms. The minimum atomic E-state index is -0.376. The number of carbonyl (C=O) groups excluding carboxylic acids is 1. The van der Waals surface area contributed by atoms with Crippen LogP contribution in [-0.2, 0) is 9.47 Å². The van der Waals surface area contributed by atoms with Crippen molar-refractivity contribution in [3.63, 3.8) is 0 Å². The number of carbonyl (C=O) groups is 1. The van der Waals surface area contributed by atoms with Crippen molar-refractivity contribution in [3.8, 4) is 0 Å². The number of hydrogen-bond acceptors (Lipinski definition) is 3. The van der Waals surface area contributed by atoms with Gasteiger partial charge in [0.15, 0.2) is 0 Å². The van der Waals surface area contributed by atoms with Crippen molar-refractivity contribution in [1.29, 1.82) is 0 Å². The molecule has 4 nitrogen and oxygen atoms in total. The second-order valence-corrected chi connectivity index (χ2v) is 2.25. The molecular weight excluding hydrogens is 146 g/mol. The van der Waals surface area contributed by atoms with Gasteiger partial charge in [-0.25, -0.2) is 4.79 Å². The Bertz CT molecular complexity index is 132. The number of hydrogen-bond donors (Lipinski definition) is 1. The summed E-state index contributed by atoms with van der Waals surface area (Å²) in [7, 11) is 0. The maximum Gasteiger partial charge on any atom is 0.407 e. The van der Waals surface area contributed by atoms with Crippen LogP contribution in [0.5, 0.6) is 0 Å². The number of alkyl carbamates (subject to hydrolysis) is 1. The Morgan fingerprint density at radius 3 is 3.27 bits per heavy atom. The Morgan fingerprint density at radius 2 is 2.73 bits per heavy atom. The van der Waals surface area contributed by atoms with Crippen LogP contribution >= 0.6 is 0 Å². The van der Waals surface area contributed by atoms with Gasteiger partial charge in [-0.3, -0.25) is 0 Å². The van der Waals surface area contributed by atoms with Crippen LogP contribution in [0.3, 0.4) is 0 Å². The van der Waals surface area contributed by atoms with Crippen molar-refractivity contribution in [1.82, 2.24) is 5.32 Å². The smallest absolute Gasteiger partial charge is 0.407 e. The molecular formula is C7H12NO3. The zero-order chi connectivity index (χ0) is 8.10. The maximum absolute atomic E-state index is 10.8. The van der Waals surface area contributed by atoms with E-state index < -0.39 is 0 Å². The van der Waals surface area contributed by atoms with E-state index in [4.69, 9.17) is 9.47 Å². The van der Waals surface area contributed by atoms with Crippen molar-refractivity contribution in [2.24, 2.45) is 0 Å². The molecule has 1 radical (unpaired) electrons. The van der Waals surface area contributed by atoms with Crippen LogP contribution in [-0.4, -0.2) is 32.0 Å². The van der Waals surface area contributed by atoms with Gasteiger partial charge in [0.25, 0.3) is 0 Å². The van der Waals surface area contributed by atoms with Gasteiger partial charge in [0.05, 0.1) is 13.2 Å². The van der Waals surface area contributed by atoms with Gasteiger partial charge in [-0.1, -0.05) is 0 Å². The first kappa shape index (κ1) is 8.33. The highest BCUT2D eigenvalue weighted by Gasteiger charge is 2.19. The molecule has 63 valence electrons. The van der Waals surface area contributed by atoms with E-state index in [1.165, 1.54) is 0 Å². The summed E-state index contributed by atoms with van der Waals surface area (Å²) in [6.07, 6.45) is 1.29. The lowest BCUT2D eigenvalue weighted by Crippen LogP contribution is -2.28. The van der Waals surface area contributed by atoms with Crippen LogP contribution < -0.4 is 5.32 Å². The average Bonchev–Trinajstić information content (AvgIpc) is 2.40. The lowest BCUT2D eigenvalue weighted by Gasteiger charge is -2.09. The molecule has 1 N–H and O–H groups in total. The van der Waals surface area contributed by atoms with Gasteiger partial charge in [-0.2, -0.15) is 0 Å².